The lowest BCUT2D eigenvalue weighted by molar-refractivity contribution is 0.408. The molecule has 0 spiro atoms. The van der Waals surface area contributed by atoms with Crippen LogP contribution in [0.4, 0.5) is 10.3 Å². The molecule has 0 aliphatic heterocycles. The van der Waals surface area contributed by atoms with Crippen molar-refractivity contribution >= 4 is 26.9 Å². The van der Waals surface area contributed by atoms with E-state index in [-0.39, 0.29) is 22.7 Å². The highest BCUT2D eigenvalue weighted by Crippen LogP contribution is 2.34. The van der Waals surface area contributed by atoms with Crippen molar-refractivity contribution in [3.05, 3.63) is 72.8 Å². The lowest BCUT2D eigenvalue weighted by Crippen LogP contribution is -2.35. The van der Waals surface area contributed by atoms with Crippen LogP contribution in [0.5, 0.6) is 0 Å². The molecule has 4 aromatic rings. The van der Waals surface area contributed by atoms with Gasteiger partial charge < -0.3 is 11.1 Å². The highest BCUT2D eigenvalue weighted by molar-refractivity contribution is 7.90. The predicted octanol–water partition coefficient (Wildman–Crippen LogP) is 4.16. The molecular formula is C24H24FN5O2S. The number of hydrogen-bond donors (Lipinski definition) is 2. The molecule has 170 valence electrons. The van der Waals surface area contributed by atoms with E-state index >= 15 is 0 Å². The molecule has 7 nitrogen and oxygen atoms in total. The summed E-state index contributed by atoms with van der Waals surface area (Å²) in [6, 6.07) is 15.4. The fourth-order valence-electron chi connectivity index (χ4n) is 4.41. The molecule has 0 amide bonds. The molecule has 0 radical (unpaired) electrons. The summed E-state index contributed by atoms with van der Waals surface area (Å²) in [5.74, 6) is -0.325. The summed E-state index contributed by atoms with van der Waals surface area (Å²) in [6.07, 6.45) is 6.29. The van der Waals surface area contributed by atoms with Crippen LogP contribution in [0.25, 0.3) is 22.2 Å². The van der Waals surface area contributed by atoms with Crippen molar-refractivity contribution in [2.75, 3.05) is 5.32 Å². The van der Waals surface area contributed by atoms with Gasteiger partial charge in [0.25, 0.3) is 10.0 Å². The van der Waals surface area contributed by atoms with Crippen molar-refractivity contribution in [3.63, 3.8) is 0 Å². The third-order valence-corrected chi connectivity index (χ3v) is 7.71. The van der Waals surface area contributed by atoms with Crippen LogP contribution in [0, 0.1) is 5.82 Å². The first-order chi connectivity index (χ1) is 15.9. The van der Waals surface area contributed by atoms with E-state index in [1.807, 2.05) is 0 Å². The molecule has 1 aliphatic carbocycles. The first-order valence-corrected chi connectivity index (χ1v) is 12.3. The number of rotatable bonds is 5. The molecule has 0 unspecified atom stereocenters. The Hall–Kier alpha value is -3.30. The van der Waals surface area contributed by atoms with Crippen LogP contribution >= 0.6 is 0 Å². The number of hydrogen-bond acceptors (Lipinski definition) is 6. The fourth-order valence-corrected chi connectivity index (χ4v) is 5.80. The summed E-state index contributed by atoms with van der Waals surface area (Å²) >= 11 is 0. The van der Waals surface area contributed by atoms with Crippen LogP contribution in [-0.4, -0.2) is 34.4 Å². The SMILES string of the molecule is N[C@H]1CCC[C@@H](Nc2ncc(F)c(-c3cn(S(=O)(=O)c4ccccc4)c4ccccc34)n2)C1. The summed E-state index contributed by atoms with van der Waals surface area (Å²) in [4.78, 5) is 8.69. The molecule has 33 heavy (non-hydrogen) atoms. The molecule has 2 heterocycles. The summed E-state index contributed by atoms with van der Waals surface area (Å²) in [5, 5.41) is 3.85. The minimum Gasteiger partial charge on any atom is -0.351 e. The quantitative estimate of drug-likeness (QED) is 0.459. The van der Waals surface area contributed by atoms with Crippen LogP contribution in [0.15, 0.2) is 71.9 Å². The Bertz CT molecular complexity index is 1410. The molecule has 0 bridgehead atoms. The fraction of sp³-hybridized carbons (Fsp3) is 0.250. The number of benzene rings is 2. The van der Waals surface area contributed by atoms with Gasteiger partial charge >= 0.3 is 0 Å². The van der Waals surface area contributed by atoms with Gasteiger partial charge in [0.15, 0.2) is 5.82 Å². The molecule has 1 aliphatic rings. The average Bonchev–Trinajstić information content (AvgIpc) is 3.21. The van der Waals surface area contributed by atoms with E-state index in [1.54, 1.807) is 42.5 Å². The Labute approximate surface area is 191 Å². The van der Waals surface area contributed by atoms with Gasteiger partial charge in [-0.05, 0) is 43.9 Å². The van der Waals surface area contributed by atoms with Gasteiger partial charge in [0.2, 0.25) is 5.95 Å². The van der Waals surface area contributed by atoms with E-state index in [1.165, 1.54) is 22.3 Å². The van der Waals surface area contributed by atoms with Crippen LogP contribution in [0.2, 0.25) is 0 Å². The number of para-hydroxylation sites is 1. The maximum absolute atomic E-state index is 14.9. The third kappa shape index (κ3) is 4.09. The maximum Gasteiger partial charge on any atom is 0.268 e. The van der Waals surface area contributed by atoms with E-state index in [0.717, 1.165) is 31.9 Å². The van der Waals surface area contributed by atoms with Crippen LogP contribution in [-0.2, 0) is 10.0 Å². The van der Waals surface area contributed by atoms with Gasteiger partial charge in [-0.25, -0.2) is 26.7 Å². The second-order valence-corrected chi connectivity index (χ2v) is 10.1. The second-order valence-electron chi connectivity index (χ2n) is 8.33. The molecule has 1 saturated carbocycles. The molecular weight excluding hydrogens is 441 g/mol. The Kier molecular flexibility index (Phi) is 5.59. The van der Waals surface area contributed by atoms with Crippen molar-refractivity contribution in [3.8, 4) is 11.3 Å². The minimum absolute atomic E-state index is 0.0471. The van der Waals surface area contributed by atoms with Crippen LogP contribution in [0.3, 0.4) is 0 Å². The molecule has 5 rings (SSSR count). The molecule has 3 N–H and O–H groups in total. The van der Waals surface area contributed by atoms with Crippen molar-refractivity contribution in [2.24, 2.45) is 5.73 Å². The largest absolute Gasteiger partial charge is 0.351 e. The van der Waals surface area contributed by atoms with Gasteiger partial charge in [0, 0.05) is 29.2 Å². The zero-order chi connectivity index (χ0) is 23.0. The molecule has 2 aromatic carbocycles. The molecule has 9 heteroatoms. The number of fused-ring (bicyclic) bond motifs is 1. The second kappa shape index (κ2) is 8.57. The first-order valence-electron chi connectivity index (χ1n) is 10.9. The van der Waals surface area contributed by atoms with Gasteiger partial charge in [0.05, 0.1) is 16.6 Å². The average molecular weight is 466 g/mol. The van der Waals surface area contributed by atoms with Crippen molar-refractivity contribution < 1.29 is 12.8 Å². The van der Waals surface area contributed by atoms with Crippen molar-refractivity contribution in [1.82, 2.24) is 13.9 Å². The standard InChI is InChI=1S/C24H24FN5O2S/c25-21-14-27-24(28-17-8-6-7-16(26)13-17)29-23(21)20-15-30(22-12-5-4-11-19(20)22)33(31,32)18-9-2-1-3-10-18/h1-5,9-12,14-17H,6-8,13,26H2,(H,27,28,29)/t16-,17+/m0/s1. The molecule has 2 atom stereocenters. The lowest BCUT2D eigenvalue weighted by Gasteiger charge is -2.27. The zero-order valence-corrected chi connectivity index (χ0v) is 18.7. The number of nitrogens with one attached hydrogen (secondary N) is 1. The van der Waals surface area contributed by atoms with Crippen molar-refractivity contribution in [2.45, 2.75) is 42.7 Å². The normalized spacial score (nSPS) is 19.0. The number of aromatic nitrogens is 3. The summed E-state index contributed by atoms with van der Waals surface area (Å²) in [7, 11) is -3.88. The van der Waals surface area contributed by atoms with E-state index in [2.05, 4.69) is 15.3 Å². The molecule has 1 fully saturated rings. The Balaban J connectivity index is 1.60. The highest BCUT2D eigenvalue weighted by Gasteiger charge is 2.24. The maximum atomic E-state index is 14.9. The third-order valence-electron chi connectivity index (χ3n) is 6.03. The number of halogens is 1. The smallest absolute Gasteiger partial charge is 0.268 e. The molecule has 0 saturated heterocycles. The Morgan fingerprint density at radius 2 is 1.82 bits per heavy atom. The van der Waals surface area contributed by atoms with E-state index in [9.17, 15) is 12.8 Å². The predicted molar refractivity (Wildman–Crippen MR) is 126 cm³/mol. The van der Waals surface area contributed by atoms with Gasteiger partial charge in [-0.15, -0.1) is 0 Å². The van der Waals surface area contributed by atoms with E-state index in [4.69, 9.17) is 5.73 Å². The van der Waals surface area contributed by atoms with Gasteiger partial charge in [0.1, 0.15) is 5.69 Å². The van der Waals surface area contributed by atoms with E-state index in [0.29, 0.717) is 22.4 Å². The zero-order valence-electron chi connectivity index (χ0n) is 17.9. The first kappa shape index (κ1) is 21.5. The summed E-state index contributed by atoms with van der Waals surface area (Å²) in [6.45, 7) is 0. The van der Waals surface area contributed by atoms with Crippen molar-refractivity contribution in [1.29, 1.82) is 0 Å². The van der Waals surface area contributed by atoms with Crippen LogP contribution in [0.1, 0.15) is 25.7 Å². The number of anilines is 1. The van der Waals surface area contributed by atoms with Gasteiger partial charge in [-0.2, -0.15) is 0 Å². The topological polar surface area (TPSA) is 103 Å². The van der Waals surface area contributed by atoms with Crippen LogP contribution < -0.4 is 11.1 Å². The van der Waals surface area contributed by atoms with Gasteiger partial charge in [-0.3, -0.25) is 0 Å². The van der Waals surface area contributed by atoms with Gasteiger partial charge in [-0.1, -0.05) is 36.4 Å². The number of nitrogens with two attached hydrogens (primary N) is 1. The Morgan fingerprint density at radius 3 is 2.61 bits per heavy atom. The Morgan fingerprint density at radius 1 is 1.06 bits per heavy atom. The molecule has 2 aromatic heterocycles. The lowest BCUT2D eigenvalue weighted by atomic mass is 9.92. The van der Waals surface area contributed by atoms with E-state index < -0.39 is 15.8 Å². The highest BCUT2D eigenvalue weighted by atomic mass is 32.2. The monoisotopic (exact) mass is 465 g/mol. The summed E-state index contributed by atoms with van der Waals surface area (Å²) < 4.78 is 42.8. The summed E-state index contributed by atoms with van der Waals surface area (Å²) in [5.41, 5.74) is 6.95. The number of nitrogens with zero attached hydrogens (tertiary/aromatic N) is 3. The minimum atomic E-state index is -3.88.